The number of carbonyl (C=O) groups excluding carboxylic acids is 1. The van der Waals surface area contributed by atoms with Gasteiger partial charge in [0.15, 0.2) is 5.65 Å². The van der Waals surface area contributed by atoms with E-state index in [0.717, 1.165) is 42.9 Å². The number of allylic oxidation sites excluding steroid dienone is 3. The molecule has 3 aromatic rings. The molecule has 1 amide bonds. The first-order valence-corrected chi connectivity index (χ1v) is 11.1. The van der Waals surface area contributed by atoms with Gasteiger partial charge in [-0.15, -0.1) is 0 Å². The number of aromatic nitrogens is 4. The maximum absolute atomic E-state index is 12.6. The Morgan fingerprint density at radius 2 is 2.06 bits per heavy atom. The summed E-state index contributed by atoms with van der Waals surface area (Å²) < 4.78 is 3.97. The van der Waals surface area contributed by atoms with Gasteiger partial charge in [-0.3, -0.25) is 9.78 Å². The van der Waals surface area contributed by atoms with Crippen LogP contribution in [0.4, 0.5) is 0 Å². The highest BCUT2D eigenvalue weighted by atomic mass is 32.2. The van der Waals surface area contributed by atoms with E-state index < -0.39 is 0 Å². The largest absolute Gasteiger partial charge is 0.326 e. The number of pyridine rings is 1. The van der Waals surface area contributed by atoms with E-state index in [4.69, 9.17) is 0 Å². The molecule has 0 spiro atoms. The molecule has 1 aliphatic heterocycles. The molecule has 1 N–H and O–H groups in total. The standard InChI is InChI=1S/C23H26N6OS/c1-16(19-7-11-28(12-8-19)31-20-6-5-17(2)25-14-20)13-18(3)27-23(30)21-15-26-29-10-4-9-24-22(21)29/h4-6,9-10,13-15,19H,1,7-8,11-12H2,2-3H3,(H,27,30)/b18-13+. The van der Waals surface area contributed by atoms with Crippen molar-refractivity contribution in [3.63, 3.8) is 0 Å². The summed E-state index contributed by atoms with van der Waals surface area (Å²) in [5.74, 6) is 0.201. The van der Waals surface area contributed by atoms with E-state index in [9.17, 15) is 4.79 Å². The number of nitrogens with zero attached hydrogens (tertiary/aromatic N) is 5. The molecule has 0 atom stereocenters. The third kappa shape index (κ3) is 5.21. The van der Waals surface area contributed by atoms with E-state index in [1.54, 1.807) is 34.9 Å². The molecule has 4 rings (SSSR count). The first-order chi connectivity index (χ1) is 15.0. The van der Waals surface area contributed by atoms with E-state index in [0.29, 0.717) is 17.1 Å². The summed E-state index contributed by atoms with van der Waals surface area (Å²) in [5.41, 5.74) is 3.85. The van der Waals surface area contributed by atoms with Crippen LogP contribution >= 0.6 is 11.9 Å². The fraction of sp³-hybridized carbons (Fsp3) is 0.304. The van der Waals surface area contributed by atoms with E-state index in [2.05, 4.69) is 37.3 Å². The molecule has 0 unspecified atom stereocenters. The number of amides is 1. The van der Waals surface area contributed by atoms with Crippen LogP contribution in [-0.2, 0) is 0 Å². The number of nitrogens with one attached hydrogen (secondary N) is 1. The number of carbonyl (C=O) groups is 1. The predicted octanol–water partition coefficient (Wildman–Crippen LogP) is 4.04. The molecule has 3 aromatic heterocycles. The van der Waals surface area contributed by atoms with E-state index in [1.807, 2.05) is 32.2 Å². The second kappa shape index (κ2) is 9.45. The zero-order valence-corrected chi connectivity index (χ0v) is 18.6. The molecular formula is C23H26N6OS. The lowest BCUT2D eigenvalue weighted by atomic mass is 9.90. The highest BCUT2D eigenvalue weighted by Gasteiger charge is 2.22. The average molecular weight is 435 g/mol. The summed E-state index contributed by atoms with van der Waals surface area (Å²) in [6.45, 7) is 10.1. The van der Waals surface area contributed by atoms with Crippen molar-refractivity contribution < 1.29 is 4.79 Å². The van der Waals surface area contributed by atoms with Crippen molar-refractivity contribution in [3.8, 4) is 0 Å². The van der Waals surface area contributed by atoms with E-state index >= 15 is 0 Å². The van der Waals surface area contributed by atoms with Crippen molar-refractivity contribution in [2.45, 2.75) is 31.6 Å². The lowest BCUT2D eigenvalue weighted by Gasteiger charge is -2.31. The molecule has 7 nitrogen and oxygen atoms in total. The molecule has 4 heterocycles. The van der Waals surface area contributed by atoms with Crippen molar-refractivity contribution in [3.05, 3.63) is 78.2 Å². The van der Waals surface area contributed by atoms with Crippen molar-refractivity contribution in [2.24, 2.45) is 5.92 Å². The third-order valence-corrected chi connectivity index (χ3v) is 6.41. The van der Waals surface area contributed by atoms with Gasteiger partial charge in [0.1, 0.15) is 5.56 Å². The normalized spacial score (nSPS) is 15.9. The van der Waals surface area contributed by atoms with Gasteiger partial charge >= 0.3 is 0 Å². The Kier molecular flexibility index (Phi) is 6.48. The minimum atomic E-state index is -0.215. The summed E-state index contributed by atoms with van der Waals surface area (Å²) in [7, 11) is 0. The SMILES string of the molecule is C=C(/C=C(\C)NC(=O)c1cnn2cccnc12)C1CCN(Sc2ccc(C)nc2)CC1. The van der Waals surface area contributed by atoms with Crippen molar-refractivity contribution >= 4 is 23.5 Å². The van der Waals surface area contributed by atoms with Gasteiger partial charge < -0.3 is 5.32 Å². The molecule has 31 heavy (non-hydrogen) atoms. The second-order valence-electron chi connectivity index (χ2n) is 7.73. The molecule has 1 saturated heterocycles. The van der Waals surface area contributed by atoms with Gasteiger partial charge in [0.05, 0.1) is 6.20 Å². The number of hydrogen-bond acceptors (Lipinski definition) is 6. The number of fused-ring (bicyclic) bond motifs is 1. The summed E-state index contributed by atoms with van der Waals surface area (Å²) in [4.78, 5) is 22.4. The first kappa shape index (κ1) is 21.3. The Hall–Kier alpha value is -2.97. The maximum atomic E-state index is 12.6. The smallest absolute Gasteiger partial charge is 0.260 e. The van der Waals surface area contributed by atoms with Crippen LogP contribution in [0.25, 0.3) is 5.65 Å². The van der Waals surface area contributed by atoms with Crippen LogP contribution < -0.4 is 5.32 Å². The van der Waals surface area contributed by atoms with Crippen LogP contribution in [0.5, 0.6) is 0 Å². The third-order valence-electron chi connectivity index (χ3n) is 5.33. The zero-order valence-electron chi connectivity index (χ0n) is 17.8. The Morgan fingerprint density at radius 3 is 2.81 bits per heavy atom. The van der Waals surface area contributed by atoms with Gasteiger partial charge in [0, 0.05) is 48.0 Å². The van der Waals surface area contributed by atoms with Crippen LogP contribution in [0.15, 0.2) is 71.8 Å². The summed E-state index contributed by atoms with van der Waals surface area (Å²) in [6, 6.07) is 5.94. The molecular weight excluding hydrogens is 408 g/mol. The predicted molar refractivity (Wildman–Crippen MR) is 122 cm³/mol. The molecule has 0 aromatic carbocycles. The topological polar surface area (TPSA) is 75.4 Å². The van der Waals surface area contributed by atoms with Gasteiger partial charge in [-0.2, -0.15) is 5.10 Å². The Balaban J connectivity index is 1.30. The highest BCUT2D eigenvalue weighted by molar-refractivity contribution is 7.97. The van der Waals surface area contributed by atoms with Gasteiger partial charge in [0.2, 0.25) is 0 Å². The number of hydrogen-bond donors (Lipinski definition) is 1. The van der Waals surface area contributed by atoms with Crippen LogP contribution in [0.1, 0.15) is 35.8 Å². The first-order valence-electron chi connectivity index (χ1n) is 10.3. The summed E-state index contributed by atoms with van der Waals surface area (Å²) in [6.07, 6.45) is 11.0. The van der Waals surface area contributed by atoms with Crippen molar-refractivity contribution in [1.82, 2.24) is 29.2 Å². The summed E-state index contributed by atoms with van der Waals surface area (Å²) >= 11 is 1.76. The zero-order chi connectivity index (χ0) is 21.8. The van der Waals surface area contributed by atoms with Crippen molar-refractivity contribution in [1.29, 1.82) is 0 Å². The van der Waals surface area contributed by atoms with Gasteiger partial charge in [-0.05, 0) is 68.8 Å². The Bertz CT molecular complexity index is 1110. The fourth-order valence-electron chi connectivity index (χ4n) is 3.64. The average Bonchev–Trinajstić information content (AvgIpc) is 3.20. The Morgan fingerprint density at radius 1 is 1.26 bits per heavy atom. The molecule has 1 fully saturated rings. The quantitative estimate of drug-likeness (QED) is 0.466. The fourth-order valence-corrected chi connectivity index (χ4v) is 4.56. The molecule has 0 bridgehead atoms. The molecule has 8 heteroatoms. The van der Waals surface area contributed by atoms with Crippen LogP contribution in [0, 0.1) is 12.8 Å². The molecule has 1 aliphatic rings. The number of aryl methyl sites for hydroxylation is 1. The molecule has 0 saturated carbocycles. The lowest BCUT2D eigenvalue weighted by molar-refractivity contribution is 0.0967. The summed E-state index contributed by atoms with van der Waals surface area (Å²) in [5, 5.41) is 7.11. The lowest BCUT2D eigenvalue weighted by Crippen LogP contribution is -2.29. The minimum Gasteiger partial charge on any atom is -0.326 e. The molecule has 160 valence electrons. The molecule has 0 aliphatic carbocycles. The van der Waals surface area contributed by atoms with E-state index in [1.165, 1.54) is 11.1 Å². The molecule has 0 radical (unpaired) electrons. The van der Waals surface area contributed by atoms with Crippen LogP contribution in [0.2, 0.25) is 0 Å². The maximum Gasteiger partial charge on any atom is 0.260 e. The monoisotopic (exact) mass is 434 g/mol. The number of rotatable bonds is 6. The van der Waals surface area contributed by atoms with Gasteiger partial charge in [0.25, 0.3) is 5.91 Å². The minimum absolute atomic E-state index is 0.215. The second-order valence-corrected chi connectivity index (χ2v) is 8.90. The highest BCUT2D eigenvalue weighted by Crippen LogP contribution is 2.31. The Labute approximate surface area is 186 Å². The van der Waals surface area contributed by atoms with Crippen LogP contribution in [0.3, 0.4) is 0 Å². The van der Waals surface area contributed by atoms with Crippen molar-refractivity contribution in [2.75, 3.05) is 13.1 Å². The van der Waals surface area contributed by atoms with Gasteiger partial charge in [-0.1, -0.05) is 12.2 Å². The number of piperidine rings is 1. The van der Waals surface area contributed by atoms with E-state index in [-0.39, 0.29) is 5.91 Å². The van der Waals surface area contributed by atoms with Crippen LogP contribution in [-0.4, -0.2) is 42.9 Å². The van der Waals surface area contributed by atoms with Gasteiger partial charge in [-0.25, -0.2) is 13.8 Å².